The lowest BCUT2D eigenvalue weighted by atomic mass is 10.0. The standard InChI is InChI=1S/C15H23BrN2/c1-11-9-18(10-12(11)2)7-6-15(17)13-4-3-5-14(16)8-13/h3-5,8,11-12,15H,6-7,9-10,17H2,1-2H3. The van der Waals surface area contributed by atoms with Gasteiger partial charge in [-0.15, -0.1) is 0 Å². The van der Waals surface area contributed by atoms with Crippen molar-refractivity contribution >= 4 is 15.9 Å². The minimum absolute atomic E-state index is 0.147. The van der Waals surface area contributed by atoms with Crippen molar-refractivity contribution in [2.24, 2.45) is 17.6 Å². The Morgan fingerprint density at radius 3 is 2.61 bits per heavy atom. The molecule has 0 bridgehead atoms. The lowest BCUT2D eigenvalue weighted by molar-refractivity contribution is 0.309. The molecule has 1 aromatic carbocycles. The van der Waals surface area contributed by atoms with Gasteiger partial charge in [-0.25, -0.2) is 0 Å². The van der Waals surface area contributed by atoms with E-state index in [9.17, 15) is 0 Å². The van der Waals surface area contributed by atoms with Gasteiger partial charge in [0.15, 0.2) is 0 Å². The Morgan fingerprint density at radius 1 is 1.33 bits per heavy atom. The zero-order valence-corrected chi connectivity index (χ0v) is 12.9. The van der Waals surface area contributed by atoms with E-state index in [1.165, 1.54) is 18.7 Å². The molecular weight excluding hydrogens is 288 g/mol. The molecule has 0 amide bonds. The van der Waals surface area contributed by atoms with E-state index in [0.29, 0.717) is 0 Å². The van der Waals surface area contributed by atoms with Crippen LogP contribution in [0.4, 0.5) is 0 Å². The van der Waals surface area contributed by atoms with Crippen LogP contribution in [0.25, 0.3) is 0 Å². The maximum atomic E-state index is 6.26. The Balaban J connectivity index is 1.83. The van der Waals surface area contributed by atoms with Crippen molar-refractivity contribution in [1.29, 1.82) is 0 Å². The average molecular weight is 311 g/mol. The van der Waals surface area contributed by atoms with Gasteiger partial charge in [0.1, 0.15) is 0 Å². The number of likely N-dealkylation sites (tertiary alicyclic amines) is 1. The van der Waals surface area contributed by atoms with Crippen molar-refractivity contribution in [3.8, 4) is 0 Å². The zero-order valence-electron chi connectivity index (χ0n) is 11.3. The monoisotopic (exact) mass is 310 g/mol. The average Bonchev–Trinajstić information content (AvgIpc) is 2.66. The molecule has 1 aliphatic heterocycles. The summed E-state index contributed by atoms with van der Waals surface area (Å²) in [7, 11) is 0. The van der Waals surface area contributed by atoms with Crippen LogP contribution in [-0.4, -0.2) is 24.5 Å². The molecule has 0 saturated carbocycles. The van der Waals surface area contributed by atoms with Crippen LogP contribution in [0, 0.1) is 11.8 Å². The van der Waals surface area contributed by atoms with E-state index in [2.05, 4.69) is 52.9 Å². The summed E-state index contributed by atoms with van der Waals surface area (Å²) in [5, 5.41) is 0. The molecule has 2 nitrogen and oxygen atoms in total. The first-order valence-electron chi connectivity index (χ1n) is 6.79. The molecule has 0 aromatic heterocycles. The van der Waals surface area contributed by atoms with Gasteiger partial charge < -0.3 is 10.6 Å². The molecule has 0 aliphatic carbocycles. The fourth-order valence-electron chi connectivity index (χ4n) is 2.66. The SMILES string of the molecule is CC1CN(CCC(N)c2cccc(Br)c2)CC1C. The minimum Gasteiger partial charge on any atom is -0.324 e. The molecule has 0 radical (unpaired) electrons. The molecule has 1 aliphatic rings. The predicted molar refractivity (Wildman–Crippen MR) is 80.5 cm³/mol. The number of hydrogen-bond acceptors (Lipinski definition) is 2. The van der Waals surface area contributed by atoms with Crippen molar-refractivity contribution in [3.63, 3.8) is 0 Å². The van der Waals surface area contributed by atoms with E-state index >= 15 is 0 Å². The second-order valence-corrected chi connectivity index (χ2v) is 6.58. The van der Waals surface area contributed by atoms with E-state index in [-0.39, 0.29) is 6.04 Å². The molecule has 0 spiro atoms. The minimum atomic E-state index is 0.147. The third-order valence-electron chi connectivity index (χ3n) is 4.10. The van der Waals surface area contributed by atoms with Gasteiger partial charge in [-0.05, 0) is 42.5 Å². The van der Waals surface area contributed by atoms with Gasteiger partial charge in [0.25, 0.3) is 0 Å². The van der Waals surface area contributed by atoms with Crippen LogP contribution < -0.4 is 5.73 Å². The van der Waals surface area contributed by atoms with Gasteiger partial charge in [-0.1, -0.05) is 41.9 Å². The Bertz CT molecular complexity index is 384. The molecule has 3 unspecified atom stereocenters. The fourth-order valence-corrected chi connectivity index (χ4v) is 3.07. The highest BCUT2D eigenvalue weighted by molar-refractivity contribution is 9.10. The number of nitrogens with zero attached hydrogens (tertiary/aromatic N) is 1. The van der Waals surface area contributed by atoms with Crippen molar-refractivity contribution in [2.45, 2.75) is 26.3 Å². The molecule has 18 heavy (non-hydrogen) atoms. The molecular formula is C15H23BrN2. The second kappa shape index (κ2) is 6.18. The lowest BCUT2D eigenvalue weighted by Gasteiger charge is -2.19. The molecule has 100 valence electrons. The summed E-state index contributed by atoms with van der Waals surface area (Å²) in [5.41, 5.74) is 7.49. The topological polar surface area (TPSA) is 29.3 Å². The van der Waals surface area contributed by atoms with Crippen molar-refractivity contribution in [3.05, 3.63) is 34.3 Å². The largest absolute Gasteiger partial charge is 0.324 e. The molecule has 1 aromatic rings. The van der Waals surface area contributed by atoms with Crippen LogP contribution in [0.1, 0.15) is 31.9 Å². The van der Waals surface area contributed by atoms with Crippen LogP contribution in [0.5, 0.6) is 0 Å². The second-order valence-electron chi connectivity index (χ2n) is 5.66. The fraction of sp³-hybridized carbons (Fsp3) is 0.600. The third-order valence-corrected chi connectivity index (χ3v) is 4.59. The number of nitrogens with two attached hydrogens (primary N) is 1. The maximum absolute atomic E-state index is 6.26. The Kier molecular flexibility index (Phi) is 4.82. The van der Waals surface area contributed by atoms with Crippen LogP contribution in [0.3, 0.4) is 0 Å². The van der Waals surface area contributed by atoms with E-state index in [4.69, 9.17) is 5.73 Å². The smallest absolute Gasteiger partial charge is 0.0307 e. The maximum Gasteiger partial charge on any atom is 0.0307 e. The highest BCUT2D eigenvalue weighted by atomic mass is 79.9. The van der Waals surface area contributed by atoms with Gasteiger partial charge in [0.2, 0.25) is 0 Å². The Morgan fingerprint density at radius 2 is 2.00 bits per heavy atom. The first-order valence-corrected chi connectivity index (χ1v) is 7.59. The number of hydrogen-bond donors (Lipinski definition) is 1. The van der Waals surface area contributed by atoms with Crippen molar-refractivity contribution in [1.82, 2.24) is 4.90 Å². The van der Waals surface area contributed by atoms with Crippen LogP contribution >= 0.6 is 15.9 Å². The Labute approximate surface area is 119 Å². The van der Waals surface area contributed by atoms with Crippen molar-refractivity contribution in [2.75, 3.05) is 19.6 Å². The molecule has 2 rings (SSSR count). The molecule has 1 fully saturated rings. The molecule has 1 saturated heterocycles. The van der Waals surface area contributed by atoms with Gasteiger partial charge in [-0.3, -0.25) is 0 Å². The number of halogens is 1. The van der Waals surface area contributed by atoms with Crippen LogP contribution in [0.15, 0.2) is 28.7 Å². The molecule has 3 atom stereocenters. The number of rotatable bonds is 4. The van der Waals surface area contributed by atoms with Crippen LogP contribution in [-0.2, 0) is 0 Å². The quantitative estimate of drug-likeness (QED) is 0.923. The van der Waals surface area contributed by atoms with E-state index in [1.807, 2.05) is 6.07 Å². The third kappa shape index (κ3) is 3.56. The summed E-state index contributed by atoms with van der Waals surface area (Å²) in [5.74, 6) is 1.65. The summed E-state index contributed by atoms with van der Waals surface area (Å²) in [6.07, 6.45) is 1.04. The van der Waals surface area contributed by atoms with E-state index in [1.54, 1.807) is 0 Å². The first kappa shape index (κ1) is 14.0. The normalized spacial score (nSPS) is 26.4. The summed E-state index contributed by atoms with van der Waals surface area (Å²) < 4.78 is 1.11. The molecule has 3 heteroatoms. The van der Waals surface area contributed by atoms with Crippen LogP contribution in [0.2, 0.25) is 0 Å². The summed E-state index contributed by atoms with van der Waals surface area (Å²) in [4.78, 5) is 2.55. The molecule has 2 N–H and O–H groups in total. The number of benzene rings is 1. The van der Waals surface area contributed by atoms with Crippen molar-refractivity contribution < 1.29 is 0 Å². The van der Waals surface area contributed by atoms with Gasteiger partial charge in [0, 0.05) is 23.6 Å². The van der Waals surface area contributed by atoms with Gasteiger partial charge in [0.05, 0.1) is 0 Å². The summed E-state index contributed by atoms with van der Waals surface area (Å²) in [6, 6.07) is 8.48. The van der Waals surface area contributed by atoms with Gasteiger partial charge in [-0.2, -0.15) is 0 Å². The highest BCUT2D eigenvalue weighted by Gasteiger charge is 2.25. The Hall–Kier alpha value is -0.380. The summed E-state index contributed by atoms with van der Waals surface area (Å²) in [6.45, 7) is 8.26. The van der Waals surface area contributed by atoms with Gasteiger partial charge >= 0.3 is 0 Å². The predicted octanol–water partition coefficient (Wildman–Crippen LogP) is 3.43. The molecule has 1 heterocycles. The van der Waals surface area contributed by atoms with E-state index in [0.717, 1.165) is 29.3 Å². The van der Waals surface area contributed by atoms with E-state index < -0.39 is 0 Å². The highest BCUT2D eigenvalue weighted by Crippen LogP contribution is 2.24. The first-order chi connectivity index (χ1) is 8.56. The summed E-state index contributed by atoms with van der Waals surface area (Å²) >= 11 is 3.50. The lowest BCUT2D eigenvalue weighted by Crippen LogP contribution is -2.25. The zero-order chi connectivity index (χ0) is 13.1.